The molecule has 8 aromatic carbocycles. The monoisotopic (exact) mass is 936 g/mol. The Hall–Kier alpha value is -9.92. The van der Waals surface area contributed by atoms with Crippen LogP contribution in [0.4, 0.5) is 22.7 Å². The van der Waals surface area contributed by atoms with Gasteiger partial charge in [-0.3, -0.25) is 9.97 Å². The predicted octanol–water partition coefficient (Wildman–Crippen LogP) is 15.4. The molecule has 1 spiro atoms. The quantitative estimate of drug-likeness (QED) is 0.163. The van der Waals surface area contributed by atoms with E-state index in [1.807, 2.05) is 97.3 Å². The van der Waals surface area contributed by atoms with Gasteiger partial charge in [-0.25, -0.2) is 4.85 Å². The van der Waals surface area contributed by atoms with Crippen LogP contribution in [0.5, 0.6) is 11.5 Å². The molecule has 3 aliphatic rings. The highest BCUT2D eigenvalue weighted by molar-refractivity contribution is 7.99. The van der Waals surface area contributed by atoms with E-state index in [9.17, 15) is 10.5 Å². The van der Waals surface area contributed by atoms with Crippen molar-refractivity contribution in [3.63, 3.8) is 0 Å². The Labute approximate surface area is 416 Å². The number of para-hydroxylation sites is 3. The summed E-state index contributed by atoms with van der Waals surface area (Å²) in [5.41, 5.74) is 15.3. The summed E-state index contributed by atoms with van der Waals surface area (Å²) in [7, 11) is 0. The average Bonchev–Trinajstić information content (AvgIpc) is 4.05. The Kier molecular flexibility index (Phi) is 8.22. The third kappa shape index (κ3) is 5.34. The first-order valence-electron chi connectivity index (χ1n) is 23.4. The van der Waals surface area contributed by atoms with Crippen LogP contribution in [0, 0.1) is 29.2 Å². The van der Waals surface area contributed by atoms with Crippen molar-refractivity contribution in [3.05, 3.63) is 239 Å². The highest BCUT2D eigenvalue weighted by Crippen LogP contribution is 2.62. The van der Waals surface area contributed by atoms with Gasteiger partial charge in [0.1, 0.15) is 11.5 Å². The highest BCUT2D eigenvalue weighted by atomic mass is 32.2. The average molecular weight is 937 g/mol. The first-order valence-corrected chi connectivity index (χ1v) is 24.2. The second-order valence-corrected chi connectivity index (χ2v) is 19.3. The number of benzene rings is 8. The van der Waals surface area contributed by atoms with Gasteiger partial charge in [-0.05, 0) is 120 Å². The van der Waals surface area contributed by atoms with E-state index in [-0.39, 0.29) is 0 Å². The van der Waals surface area contributed by atoms with Crippen molar-refractivity contribution in [2.45, 2.75) is 15.2 Å². The molecule has 0 amide bonds. The van der Waals surface area contributed by atoms with Gasteiger partial charge in [-0.1, -0.05) is 78.5 Å². The maximum Gasteiger partial charge on any atom is 0.188 e. The lowest BCUT2D eigenvalue weighted by atomic mass is 9.66. The maximum absolute atomic E-state index is 10.2. The molecule has 12 aromatic rings. The first-order chi connectivity index (χ1) is 35.5. The van der Waals surface area contributed by atoms with Crippen molar-refractivity contribution < 1.29 is 4.74 Å². The molecule has 0 radical (unpaired) electrons. The summed E-state index contributed by atoms with van der Waals surface area (Å²) in [4.78, 5) is 18.5. The molecule has 0 fully saturated rings. The number of hydrogen-bond donors (Lipinski definition) is 0. The topological polar surface area (TPSA) is 100 Å². The summed E-state index contributed by atoms with van der Waals surface area (Å²) in [5, 5.41) is 24.0. The third-order valence-electron chi connectivity index (χ3n) is 14.7. The van der Waals surface area contributed by atoms with Crippen LogP contribution in [0.1, 0.15) is 33.4 Å². The van der Waals surface area contributed by atoms with Gasteiger partial charge in [-0.15, -0.1) is 0 Å². The van der Waals surface area contributed by atoms with Crippen LogP contribution < -0.4 is 9.64 Å². The molecule has 0 N–H and O–H groups in total. The van der Waals surface area contributed by atoms with Crippen molar-refractivity contribution in [3.8, 4) is 46.4 Å². The number of pyridine rings is 2. The molecule has 6 heterocycles. The first kappa shape index (κ1) is 40.0. The Morgan fingerprint density at radius 3 is 2.06 bits per heavy atom. The van der Waals surface area contributed by atoms with E-state index in [4.69, 9.17) is 21.3 Å². The van der Waals surface area contributed by atoms with E-state index in [1.54, 1.807) is 11.8 Å². The smallest absolute Gasteiger partial charge is 0.188 e. The lowest BCUT2D eigenvalue weighted by Crippen LogP contribution is -2.32. The van der Waals surface area contributed by atoms with E-state index in [0.717, 1.165) is 121 Å². The number of rotatable bonds is 3. The number of anilines is 3. The Morgan fingerprint density at radius 2 is 1.17 bits per heavy atom. The summed E-state index contributed by atoms with van der Waals surface area (Å²) < 4.78 is 11.6. The molecule has 332 valence electrons. The Morgan fingerprint density at radius 1 is 0.500 bits per heavy atom. The fraction of sp³-hybridized carbons (Fsp3) is 0.0161. The van der Waals surface area contributed by atoms with E-state index in [2.05, 4.69) is 128 Å². The molecule has 1 unspecified atom stereocenters. The number of ether oxygens (including phenoxy) is 1. The van der Waals surface area contributed by atoms with Gasteiger partial charge in [0.2, 0.25) is 0 Å². The van der Waals surface area contributed by atoms with Gasteiger partial charge >= 0.3 is 0 Å². The summed E-state index contributed by atoms with van der Waals surface area (Å²) in [6, 6.07) is 66.9. The SMILES string of the molecule is [C-]#[N+]c1ccc2c(c1)c1ccccc1n2-c1cnc2c(c1)C1(c3ccccc3Oc3cc(-n4c5ccc(C#N)cc5c5cc(N6c7ccccc7Sc7cc(C#N)ccc76)ccc54)ccc31)c1cccnc1-2. The van der Waals surface area contributed by atoms with E-state index in [0.29, 0.717) is 22.6 Å². The molecule has 2 aliphatic heterocycles. The van der Waals surface area contributed by atoms with Crippen LogP contribution in [0.2, 0.25) is 0 Å². The van der Waals surface area contributed by atoms with Crippen molar-refractivity contribution >= 4 is 78.1 Å². The van der Waals surface area contributed by atoms with Crippen LogP contribution in [0.3, 0.4) is 0 Å². The minimum absolute atomic E-state index is 0.572. The van der Waals surface area contributed by atoms with Crippen molar-refractivity contribution in [1.82, 2.24) is 19.1 Å². The van der Waals surface area contributed by atoms with E-state index < -0.39 is 5.41 Å². The lowest BCUT2D eigenvalue weighted by Gasteiger charge is -2.39. The molecule has 1 atom stereocenters. The maximum atomic E-state index is 10.2. The second kappa shape index (κ2) is 14.8. The molecular weight excluding hydrogens is 905 g/mol. The van der Waals surface area contributed by atoms with Crippen LogP contribution in [0.25, 0.3) is 71.2 Å². The predicted molar refractivity (Wildman–Crippen MR) is 283 cm³/mol. The molecule has 0 saturated carbocycles. The minimum Gasteiger partial charge on any atom is -0.457 e. The fourth-order valence-electron chi connectivity index (χ4n) is 11.8. The van der Waals surface area contributed by atoms with E-state index >= 15 is 0 Å². The van der Waals surface area contributed by atoms with Crippen LogP contribution in [-0.4, -0.2) is 19.1 Å². The van der Waals surface area contributed by atoms with Gasteiger partial charge in [-0.2, -0.15) is 10.5 Å². The van der Waals surface area contributed by atoms with Crippen LogP contribution >= 0.6 is 11.8 Å². The largest absolute Gasteiger partial charge is 0.457 e. The zero-order valence-corrected chi connectivity index (χ0v) is 38.7. The minimum atomic E-state index is -0.856. The lowest BCUT2D eigenvalue weighted by molar-refractivity contribution is 0.436. The summed E-state index contributed by atoms with van der Waals surface area (Å²) in [5.74, 6) is 1.45. The molecular formula is C62H32N8OS. The van der Waals surface area contributed by atoms with Crippen molar-refractivity contribution in [2.75, 3.05) is 4.90 Å². The van der Waals surface area contributed by atoms with Gasteiger partial charge in [0, 0.05) is 66.3 Å². The number of nitrogens with zero attached hydrogens (tertiary/aromatic N) is 8. The number of fused-ring (bicyclic) bond motifs is 17. The number of nitriles is 2. The van der Waals surface area contributed by atoms with Gasteiger partial charge < -0.3 is 18.8 Å². The van der Waals surface area contributed by atoms with Crippen LogP contribution in [0.15, 0.2) is 204 Å². The molecule has 10 heteroatoms. The molecule has 4 aromatic heterocycles. The zero-order valence-electron chi connectivity index (χ0n) is 37.9. The Bertz CT molecular complexity index is 4550. The van der Waals surface area contributed by atoms with Gasteiger partial charge in [0.15, 0.2) is 5.69 Å². The molecule has 9 nitrogen and oxygen atoms in total. The van der Waals surface area contributed by atoms with Crippen molar-refractivity contribution in [1.29, 1.82) is 10.5 Å². The van der Waals surface area contributed by atoms with Crippen LogP contribution in [-0.2, 0) is 5.41 Å². The highest BCUT2D eigenvalue weighted by Gasteiger charge is 2.52. The zero-order chi connectivity index (χ0) is 47.8. The molecule has 15 rings (SSSR count). The second-order valence-electron chi connectivity index (χ2n) is 18.3. The fourth-order valence-corrected chi connectivity index (χ4v) is 12.9. The number of aromatic nitrogens is 4. The summed E-state index contributed by atoms with van der Waals surface area (Å²) in [6.07, 6.45) is 3.78. The Balaban J connectivity index is 0.946. The van der Waals surface area contributed by atoms with Crippen molar-refractivity contribution in [2.24, 2.45) is 0 Å². The molecule has 1 aliphatic carbocycles. The summed E-state index contributed by atoms with van der Waals surface area (Å²) >= 11 is 1.67. The van der Waals surface area contributed by atoms with Gasteiger partial charge in [0.05, 0.1) is 92.0 Å². The molecule has 0 saturated heterocycles. The molecule has 0 bridgehead atoms. The number of hydrogen-bond acceptors (Lipinski definition) is 7. The molecule has 72 heavy (non-hydrogen) atoms. The standard InChI is InChI=1S/C62H32N8OS/c1-65-38-18-24-52-44(29-38)42-9-2-4-12-50(42)70(52)41-31-49-61(67-35-41)60-48(11-8-26-66-60)62(49)46-10-3-6-14-56(46)71-57-32-40(19-21-47(57)62)68-51-22-16-36(33-63)27-43(51)45-30-39(20-25-53(45)68)69-54-13-5-7-15-58(54)72-59-28-37(34-64)17-23-55(59)69/h2-32,35H. The summed E-state index contributed by atoms with van der Waals surface area (Å²) in [6.45, 7) is 7.78. The van der Waals surface area contributed by atoms with E-state index in [1.165, 1.54) is 0 Å². The normalized spacial score (nSPS) is 14.7. The third-order valence-corrected chi connectivity index (χ3v) is 15.8. The van der Waals surface area contributed by atoms with Gasteiger partial charge in [0.25, 0.3) is 0 Å².